The first-order chi connectivity index (χ1) is 12.7. The molecule has 3 aromatic rings. The highest BCUT2D eigenvalue weighted by atomic mass is 16.3. The van der Waals surface area contributed by atoms with Crippen molar-refractivity contribution in [3.8, 4) is 5.75 Å². The number of hydrogen-bond donors (Lipinski definition) is 2. The lowest BCUT2D eigenvalue weighted by Gasteiger charge is -2.20. The van der Waals surface area contributed by atoms with E-state index >= 15 is 0 Å². The molecule has 0 atom stereocenters. The summed E-state index contributed by atoms with van der Waals surface area (Å²) in [7, 11) is 0. The number of phenols is 1. The molecule has 2 N–H and O–H groups in total. The quantitative estimate of drug-likeness (QED) is 0.697. The van der Waals surface area contributed by atoms with Crippen molar-refractivity contribution in [2.45, 2.75) is 39.7 Å². The maximum absolute atomic E-state index is 12.6. The summed E-state index contributed by atoms with van der Waals surface area (Å²) < 4.78 is 1.27. The second kappa shape index (κ2) is 6.87. The third-order valence-corrected chi connectivity index (χ3v) is 4.51. The van der Waals surface area contributed by atoms with Crippen LogP contribution in [0, 0.1) is 6.92 Å². The first-order valence-electron chi connectivity index (χ1n) is 8.75. The lowest BCUT2D eigenvalue weighted by atomic mass is 9.87. The van der Waals surface area contributed by atoms with Gasteiger partial charge in [-0.15, -0.1) is 0 Å². The molecule has 0 spiro atoms. The number of amides is 1. The minimum Gasteiger partial charge on any atom is -0.506 e. The van der Waals surface area contributed by atoms with Crippen LogP contribution >= 0.6 is 0 Å². The Morgan fingerprint density at radius 2 is 1.96 bits per heavy atom. The molecule has 0 fully saturated rings. The predicted molar refractivity (Wildman–Crippen MR) is 106 cm³/mol. The van der Waals surface area contributed by atoms with Crippen molar-refractivity contribution in [3.05, 3.63) is 64.2 Å². The van der Waals surface area contributed by atoms with Gasteiger partial charge in [0.05, 0.1) is 22.9 Å². The lowest BCUT2D eigenvalue weighted by Crippen LogP contribution is -2.28. The Bertz CT molecular complexity index is 1080. The van der Waals surface area contributed by atoms with Crippen LogP contribution < -0.4 is 10.9 Å². The van der Waals surface area contributed by atoms with E-state index in [-0.39, 0.29) is 23.3 Å². The van der Waals surface area contributed by atoms with E-state index in [2.05, 4.69) is 10.3 Å². The number of aromatic hydroxyl groups is 1. The van der Waals surface area contributed by atoms with Gasteiger partial charge in [-0.1, -0.05) is 39.0 Å². The number of fused-ring (bicyclic) bond motifs is 1. The molecule has 0 aliphatic carbocycles. The van der Waals surface area contributed by atoms with Gasteiger partial charge in [0.15, 0.2) is 0 Å². The van der Waals surface area contributed by atoms with Gasteiger partial charge in [0, 0.05) is 0 Å². The van der Waals surface area contributed by atoms with E-state index in [1.54, 1.807) is 24.3 Å². The van der Waals surface area contributed by atoms with Gasteiger partial charge in [-0.3, -0.25) is 14.2 Å². The van der Waals surface area contributed by atoms with Crippen molar-refractivity contribution in [2.75, 3.05) is 5.32 Å². The van der Waals surface area contributed by atoms with E-state index in [4.69, 9.17) is 0 Å². The van der Waals surface area contributed by atoms with E-state index in [0.717, 1.165) is 11.1 Å². The number of aromatic nitrogens is 2. The van der Waals surface area contributed by atoms with E-state index in [1.165, 1.54) is 10.9 Å². The van der Waals surface area contributed by atoms with Crippen molar-refractivity contribution >= 4 is 22.5 Å². The van der Waals surface area contributed by atoms with Crippen LogP contribution in [0.15, 0.2) is 47.5 Å². The van der Waals surface area contributed by atoms with E-state index in [9.17, 15) is 14.7 Å². The number of aryl methyl sites for hydroxylation is 1. The van der Waals surface area contributed by atoms with Gasteiger partial charge in [0.25, 0.3) is 5.56 Å². The van der Waals surface area contributed by atoms with Crippen LogP contribution in [0.2, 0.25) is 0 Å². The number of carbonyl (C=O) groups is 1. The van der Waals surface area contributed by atoms with Gasteiger partial charge < -0.3 is 10.4 Å². The molecule has 0 aliphatic rings. The topological polar surface area (TPSA) is 84.2 Å². The monoisotopic (exact) mass is 365 g/mol. The largest absolute Gasteiger partial charge is 0.506 e. The van der Waals surface area contributed by atoms with Gasteiger partial charge in [-0.2, -0.15) is 0 Å². The fraction of sp³-hybridized carbons (Fsp3) is 0.286. The molecule has 1 heterocycles. The maximum Gasteiger partial charge on any atom is 0.261 e. The van der Waals surface area contributed by atoms with Crippen LogP contribution in [0.3, 0.4) is 0 Å². The molecule has 0 saturated heterocycles. The van der Waals surface area contributed by atoms with E-state index in [0.29, 0.717) is 16.6 Å². The van der Waals surface area contributed by atoms with Crippen LogP contribution in [-0.4, -0.2) is 20.6 Å². The molecule has 1 amide bonds. The summed E-state index contributed by atoms with van der Waals surface area (Å²) in [6.45, 7) is 7.85. The number of nitrogens with zero attached hydrogens (tertiary/aromatic N) is 2. The maximum atomic E-state index is 12.6. The van der Waals surface area contributed by atoms with Gasteiger partial charge in [-0.05, 0) is 41.7 Å². The highest BCUT2D eigenvalue weighted by Crippen LogP contribution is 2.30. The zero-order chi connectivity index (χ0) is 19.8. The third kappa shape index (κ3) is 3.84. The molecule has 1 aromatic heterocycles. The van der Waals surface area contributed by atoms with E-state index in [1.807, 2.05) is 39.8 Å². The molecule has 6 heteroatoms. The van der Waals surface area contributed by atoms with Crippen LogP contribution in [0.1, 0.15) is 31.9 Å². The Kier molecular flexibility index (Phi) is 4.74. The minimum absolute atomic E-state index is 0.0176. The normalized spacial score (nSPS) is 11.6. The Morgan fingerprint density at radius 3 is 2.67 bits per heavy atom. The number of para-hydroxylation sites is 1. The summed E-state index contributed by atoms with van der Waals surface area (Å²) in [5, 5.41) is 13.2. The average Bonchev–Trinajstić information content (AvgIpc) is 2.59. The van der Waals surface area contributed by atoms with Crippen molar-refractivity contribution in [3.63, 3.8) is 0 Å². The zero-order valence-electron chi connectivity index (χ0n) is 15.9. The van der Waals surface area contributed by atoms with Gasteiger partial charge in [-0.25, -0.2) is 4.98 Å². The molecular weight excluding hydrogens is 342 g/mol. The molecule has 0 unspecified atom stereocenters. The minimum atomic E-state index is -0.410. The SMILES string of the molecule is Cc1cccc2c(=O)n(CC(=O)Nc3cc(C(C)(C)C)ccc3O)cnc12. The molecule has 6 nitrogen and oxygen atoms in total. The molecule has 27 heavy (non-hydrogen) atoms. The molecule has 0 aliphatic heterocycles. The highest BCUT2D eigenvalue weighted by Gasteiger charge is 2.17. The van der Waals surface area contributed by atoms with Crippen molar-refractivity contribution in [2.24, 2.45) is 0 Å². The summed E-state index contributed by atoms with van der Waals surface area (Å²) in [5.74, 6) is -0.428. The van der Waals surface area contributed by atoms with Crippen LogP contribution in [-0.2, 0) is 16.8 Å². The van der Waals surface area contributed by atoms with Crippen molar-refractivity contribution in [1.29, 1.82) is 0 Å². The van der Waals surface area contributed by atoms with Crippen LogP contribution in [0.4, 0.5) is 5.69 Å². The van der Waals surface area contributed by atoms with Crippen molar-refractivity contribution in [1.82, 2.24) is 9.55 Å². The van der Waals surface area contributed by atoms with E-state index < -0.39 is 5.91 Å². The molecule has 2 aromatic carbocycles. The molecule has 3 rings (SSSR count). The van der Waals surface area contributed by atoms with Crippen LogP contribution in [0.25, 0.3) is 10.9 Å². The summed E-state index contributed by atoms with van der Waals surface area (Å²) in [6.07, 6.45) is 1.38. The van der Waals surface area contributed by atoms with Crippen LogP contribution in [0.5, 0.6) is 5.75 Å². The molecule has 0 bridgehead atoms. The lowest BCUT2D eigenvalue weighted by molar-refractivity contribution is -0.116. The average molecular weight is 365 g/mol. The second-order valence-electron chi connectivity index (χ2n) is 7.68. The predicted octanol–water partition coefficient (Wildman–Crippen LogP) is 3.35. The molecule has 0 saturated carbocycles. The first kappa shape index (κ1) is 18.6. The fourth-order valence-corrected chi connectivity index (χ4v) is 2.90. The third-order valence-electron chi connectivity index (χ3n) is 4.51. The number of hydrogen-bond acceptors (Lipinski definition) is 4. The smallest absolute Gasteiger partial charge is 0.261 e. The number of phenolic OH excluding ortho intramolecular Hbond substituents is 1. The second-order valence-corrected chi connectivity index (χ2v) is 7.68. The standard InChI is InChI=1S/C21H23N3O3/c1-13-6-5-7-15-19(13)22-12-24(20(15)27)11-18(26)23-16-10-14(21(2,3)4)8-9-17(16)25/h5-10,12,25H,11H2,1-4H3,(H,23,26). The Balaban J connectivity index is 1.86. The Labute approximate surface area is 157 Å². The molecule has 0 radical (unpaired) electrons. The molecule has 140 valence electrons. The summed E-state index contributed by atoms with van der Waals surface area (Å²) >= 11 is 0. The van der Waals surface area contributed by atoms with Gasteiger partial charge >= 0.3 is 0 Å². The first-order valence-corrected chi connectivity index (χ1v) is 8.75. The highest BCUT2D eigenvalue weighted by molar-refractivity contribution is 5.92. The van der Waals surface area contributed by atoms with Crippen molar-refractivity contribution < 1.29 is 9.90 Å². The number of nitrogens with one attached hydrogen (secondary N) is 1. The molecular formula is C21H23N3O3. The Morgan fingerprint density at radius 1 is 1.22 bits per heavy atom. The van der Waals surface area contributed by atoms with Gasteiger partial charge in [0.1, 0.15) is 12.3 Å². The van der Waals surface area contributed by atoms with Gasteiger partial charge in [0.2, 0.25) is 5.91 Å². The number of rotatable bonds is 3. The zero-order valence-corrected chi connectivity index (χ0v) is 15.9. The Hall–Kier alpha value is -3.15. The number of benzene rings is 2. The summed E-state index contributed by atoms with van der Waals surface area (Å²) in [5.41, 5.74) is 2.46. The summed E-state index contributed by atoms with van der Waals surface area (Å²) in [4.78, 5) is 29.4. The number of anilines is 1. The number of carbonyl (C=O) groups excluding carboxylic acids is 1. The summed E-state index contributed by atoms with van der Waals surface area (Å²) in [6, 6.07) is 10.5. The fourth-order valence-electron chi connectivity index (χ4n) is 2.90.